The van der Waals surface area contributed by atoms with Crippen molar-refractivity contribution in [2.24, 2.45) is 5.92 Å². The molecule has 0 saturated carbocycles. The molecule has 5 heteroatoms. The highest BCUT2D eigenvalue weighted by Crippen LogP contribution is 2.25. The van der Waals surface area contributed by atoms with Crippen molar-refractivity contribution in [1.82, 2.24) is 4.98 Å². The summed E-state index contributed by atoms with van der Waals surface area (Å²) < 4.78 is 13.5. The van der Waals surface area contributed by atoms with E-state index in [9.17, 15) is 4.39 Å². The third-order valence-corrected chi connectivity index (χ3v) is 2.84. The van der Waals surface area contributed by atoms with E-state index >= 15 is 0 Å². The van der Waals surface area contributed by atoms with Crippen molar-refractivity contribution in [3.05, 3.63) is 23.1 Å². The van der Waals surface area contributed by atoms with Crippen molar-refractivity contribution < 1.29 is 9.50 Å². The fourth-order valence-corrected chi connectivity index (χ4v) is 1.96. The summed E-state index contributed by atoms with van der Waals surface area (Å²) in [7, 11) is 0. The van der Waals surface area contributed by atoms with Gasteiger partial charge in [-0.15, -0.1) is 0 Å². The maximum atomic E-state index is 13.5. The highest BCUT2D eigenvalue weighted by atomic mass is 35.5. The van der Waals surface area contributed by atoms with E-state index in [0.717, 1.165) is 13.0 Å². The van der Waals surface area contributed by atoms with Crippen molar-refractivity contribution in [2.75, 3.05) is 24.6 Å². The van der Waals surface area contributed by atoms with E-state index in [1.165, 1.54) is 12.3 Å². The molecule has 1 aromatic rings. The number of aliphatic hydroxyl groups excluding tert-OH is 1. The molecule has 1 fully saturated rings. The largest absolute Gasteiger partial charge is 0.396 e. The first-order valence-corrected chi connectivity index (χ1v) is 5.25. The molecule has 0 aliphatic carbocycles. The molecule has 15 heavy (non-hydrogen) atoms. The van der Waals surface area contributed by atoms with Crippen LogP contribution in [0.5, 0.6) is 0 Å². The van der Waals surface area contributed by atoms with Gasteiger partial charge in [0.1, 0.15) is 0 Å². The van der Waals surface area contributed by atoms with E-state index in [-0.39, 0.29) is 12.5 Å². The highest BCUT2D eigenvalue weighted by molar-refractivity contribution is 6.30. The van der Waals surface area contributed by atoms with E-state index in [0.29, 0.717) is 17.4 Å². The molecular weight excluding hydrogens is 219 g/mol. The molecule has 0 amide bonds. The Labute approximate surface area is 92.5 Å². The molecule has 0 aromatic carbocycles. The third kappa shape index (κ3) is 2.21. The summed E-state index contributed by atoms with van der Waals surface area (Å²) in [5.74, 6) is 0.151. The standard InChI is InChI=1S/C10H12ClFN2O/c11-8-3-9(12)10(13-4-8)14-2-1-7(5-14)6-15/h3-4,7,15H,1-2,5-6H2. The first-order valence-electron chi connectivity index (χ1n) is 4.87. The van der Waals surface area contributed by atoms with Gasteiger partial charge in [0.05, 0.1) is 5.02 Å². The van der Waals surface area contributed by atoms with Crippen molar-refractivity contribution in [1.29, 1.82) is 0 Å². The van der Waals surface area contributed by atoms with Crippen LogP contribution in [-0.4, -0.2) is 29.8 Å². The molecule has 1 N–H and O–H groups in total. The summed E-state index contributed by atoms with van der Waals surface area (Å²) >= 11 is 5.62. The average molecular weight is 231 g/mol. The van der Waals surface area contributed by atoms with Gasteiger partial charge in [-0.25, -0.2) is 9.37 Å². The summed E-state index contributed by atoms with van der Waals surface area (Å²) in [6, 6.07) is 1.26. The van der Waals surface area contributed by atoms with Gasteiger partial charge >= 0.3 is 0 Å². The van der Waals surface area contributed by atoms with Gasteiger partial charge in [-0.3, -0.25) is 0 Å². The van der Waals surface area contributed by atoms with Gasteiger partial charge in [0.15, 0.2) is 11.6 Å². The Morgan fingerprint density at radius 2 is 2.47 bits per heavy atom. The van der Waals surface area contributed by atoms with Crippen LogP contribution in [0.25, 0.3) is 0 Å². The summed E-state index contributed by atoms with van der Waals surface area (Å²) in [6.45, 7) is 1.53. The number of hydrogen-bond acceptors (Lipinski definition) is 3. The van der Waals surface area contributed by atoms with Crippen LogP contribution in [0.3, 0.4) is 0 Å². The molecule has 1 aliphatic heterocycles. The zero-order chi connectivity index (χ0) is 10.8. The molecule has 1 aromatic heterocycles. The molecule has 82 valence electrons. The molecule has 0 radical (unpaired) electrons. The number of anilines is 1. The van der Waals surface area contributed by atoms with Crippen LogP contribution in [0.2, 0.25) is 5.02 Å². The number of aromatic nitrogens is 1. The molecule has 2 heterocycles. The lowest BCUT2D eigenvalue weighted by atomic mass is 10.1. The normalized spacial score (nSPS) is 21.0. The second-order valence-electron chi connectivity index (χ2n) is 3.74. The SMILES string of the molecule is OCC1CCN(c2ncc(Cl)cc2F)C1. The van der Waals surface area contributed by atoms with Crippen LogP contribution in [0.15, 0.2) is 12.3 Å². The first kappa shape index (κ1) is 10.6. The lowest BCUT2D eigenvalue weighted by Crippen LogP contribution is -2.22. The number of halogens is 2. The quantitative estimate of drug-likeness (QED) is 0.840. The average Bonchev–Trinajstić information content (AvgIpc) is 2.66. The van der Waals surface area contributed by atoms with Gasteiger partial charge in [-0.05, 0) is 12.5 Å². The van der Waals surface area contributed by atoms with E-state index in [1.807, 2.05) is 4.90 Å². The van der Waals surface area contributed by atoms with Gasteiger partial charge in [0, 0.05) is 31.8 Å². The minimum atomic E-state index is -0.402. The number of rotatable bonds is 2. The third-order valence-electron chi connectivity index (χ3n) is 2.63. The number of hydrogen-bond donors (Lipinski definition) is 1. The smallest absolute Gasteiger partial charge is 0.167 e. The molecule has 1 unspecified atom stereocenters. The van der Waals surface area contributed by atoms with Crippen LogP contribution >= 0.6 is 11.6 Å². The number of aliphatic hydroxyl groups is 1. The molecule has 0 bridgehead atoms. The van der Waals surface area contributed by atoms with Gasteiger partial charge in [-0.1, -0.05) is 11.6 Å². The topological polar surface area (TPSA) is 36.4 Å². The molecular formula is C10H12ClFN2O. The lowest BCUT2D eigenvalue weighted by molar-refractivity contribution is 0.238. The second kappa shape index (κ2) is 4.33. The summed E-state index contributed by atoms with van der Waals surface area (Å²) in [4.78, 5) is 5.81. The van der Waals surface area contributed by atoms with Crippen LogP contribution in [0, 0.1) is 11.7 Å². The van der Waals surface area contributed by atoms with Crippen LogP contribution in [-0.2, 0) is 0 Å². The molecule has 0 spiro atoms. The van der Waals surface area contributed by atoms with Crippen molar-refractivity contribution in [3.8, 4) is 0 Å². The lowest BCUT2D eigenvalue weighted by Gasteiger charge is -2.17. The monoisotopic (exact) mass is 230 g/mol. The Morgan fingerprint density at radius 1 is 1.67 bits per heavy atom. The molecule has 1 atom stereocenters. The summed E-state index contributed by atoms with van der Waals surface area (Å²) in [5, 5.41) is 9.28. The first-order chi connectivity index (χ1) is 7.20. The highest BCUT2D eigenvalue weighted by Gasteiger charge is 2.24. The minimum absolute atomic E-state index is 0.145. The van der Waals surface area contributed by atoms with Gasteiger partial charge < -0.3 is 10.0 Å². The zero-order valence-corrected chi connectivity index (χ0v) is 8.91. The van der Waals surface area contributed by atoms with Crippen molar-refractivity contribution in [3.63, 3.8) is 0 Å². The summed E-state index contributed by atoms with van der Waals surface area (Å²) in [6.07, 6.45) is 2.31. The number of nitrogens with zero attached hydrogens (tertiary/aromatic N) is 2. The molecule has 1 aliphatic rings. The summed E-state index contributed by atoms with van der Waals surface area (Å²) in [5.41, 5.74) is 0. The zero-order valence-electron chi connectivity index (χ0n) is 8.16. The van der Waals surface area contributed by atoms with E-state index in [4.69, 9.17) is 16.7 Å². The molecule has 3 nitrogen and oxygen atoms in total. The second-order valence-corrected chi connectivity index (χ2v) is 4.18. The Kier molecular flexibility index (Phi) is 3.07. The van der Waals surface area contributed by atoms with Gasteiger partial charge in [-0.2, -0.15) is 0 Å². The minimum Gasteiger partial charge on any atom is -0.396 e. The van der Waals surface area contributed by atoms with E-state index in [2.05, 4.69) is 4.98 Å². The van der Waals surface area contributed by atoms with Crippen LogP contribution in [0.1, 0.15) is 6.42 Å². The van der Waals surface area contributed by atoms with Crippen molar-refractivity contribution >= 4 is 17.4 Å². The number of pyridine rings is 1. The molecule has 2 rings (SSSR count). The maximum absolute atomic E-state index is 13.5. The van der Waals surface area contributed by atoms with E-state index < -0.39 is 5.82 Å². The Hall–Kier alpha value is -0.870. The predicted molar refractivity (Wildman–Crippen MR) is 56.6 cm³/mol. The Bertz CT molecular complexity index is 361. The maximum Gasteiger partial charge on any atom is 0.167 e. The van der Waals surface area contributed by atoms with Crippen molar-refractivity contribution in [2.45, 2.75) is 6.42 Å². The Morgan fingerprint density at radius 3 is 3.07 bits per heavy atom. The fourth-order valence-electron chi connectivity index (χ4n) is 1.81. The van der Waals surface area contributed by atoms with Gasteiger partial charge in [0.2, 0.25) is 0 Å². The van der Waals surface area contributed by atoms with E-state index in [1.54, 1.807) is 0 Å². The molecule has 1 saturated heterocycles. The van der Waals surface area contributed by atoms with Gasteiger partial charge in [0.25, 0.3) is 0 Å². The predicted octanol–water partition coefficient (Wildman–Crippen LogP) is 1.69. The van der Waals surface area contributed by atoms with Crippen LogP contribution in [0.4, 0.5) is 10.2 Å². The van der Waals surface area contributed by atoms with Crippen LogP contribution < -0.4 is 4.90 Å². The fraction of sp³-hybridized carbons (Fsp3) is 0.500. The Balaban J connectivity index is 2.17.